The van der Waals surface area contributed by atoms with E-state index in [-0.39, 0.29) is 0 Å². The Hall–Kier alpha value is -1.65. The highest BCUT2D eigenvalue weighted by Crippen LogP contribution is 2.29. The van der Waals surface area contributed by atoms with Gasteiger partial charge in [0, 0.05) is 44.7 Å². The quantitative estimate of drug-likeness (QED) is 0.806. The maximum Gasteiger partial charge on any atom is 0.132 e. The Morgan fingerprint density at radius 3 is 2.41 bits per heavy atom. The molecule has 0 radical (unpaired) electrons. The van der Waals surface area contributed by atoms with E-state index < -0.39 is 0 Å². The first-order valence-corrected chi connectivity index (χ1v) is 10.7. The fourth-order valence-electron chi connectivity index (χ4n) is 4.64. The smallest absolute Gasteiger partial charge is 0.132 e. The summed E-state index contributed by atoms with van der Waals surface area (Å²) in [5, 5.41) is 1.31. The number of fused-ring (bicyclic) bond motifs is 1. The lowest BCUT2D eigenvalue weighted by atomic mass is 10.0. The van der Waals surface area contributed by atoms with Crippen LogP contribution < -0.4 is 4.90 Å². The fourth-order valence-corrected chi connectivity index (χ4v) is 4.64. The zero-order valence-corrected chi connectivity index (χ0v) is 17.3. The largest absolute Gasteiger partial charge is 0.356 e. The molecule has 0 N–H and O–H groups in total. The molecule has 4 heteroatoms. The summed E-state index contributed by atoms with van der Waals surface area (Å²) in [5.41, 5.74) is 5.27. The van der Waals surface area contributed by atoms with E-state index in [2.05, 4.69) is 53.8 Å². The van der Waals surface area contributed by atoms with Gasteiger partial charge in [0.2, 0.25) is 0 Å². The van der Waals surface area contributed by atoms with Gasteiger partial charge in [-0.1, -0.05) is 11.6 Å². The first-order chi connectivity index (χ1) is 13.1. The third kappa shape index (κ3) is 4.27. The molecule has 2 aliphatic rings. The molecule has 0 atom stereocenters. The molecule has 146 valence electrons. The maximum absolute atomic E-state index is 5.18. The van der Waals surface area contributed by atoms with Gasteiger partial charge < -0.3 is 14.7 Å². The number of hydrogen-bond acceptors (Lipinski definition) is 4. The Balaban J connectivity index is 1.54. The summed E-state index contributed by atoms with van der Waals surface area (Å²) in [5.74, 6) is 1.25. The van der Waals surface area contributed by atoms with Crippen LogP contribution in [0, 0.1) is 13.8 Å². The molecule has 2 saturated heterocycles. The zero-order chi connectivity index (χ0) is 18.8. The molecule has 0 saturated carbocycles. The van der Waals surface area contributed by atoms with Crippen molar-refractivity contribution < 1.29 is 0 Å². The summed E-state index contributed by atoms with van der Waals surface area (Å²) in [7, 11) is 2.23. The third-order valence-corrected chi connectivity index (χ3v) is 6.23. The normalized spacial score (nSPS) is 19.3. The minimum Gasteiger partial charge on any atom is -0.356 e. The van der Waals surface area contributed by atoms with Crippen molar-refractivity contribution in [1.82, 2.24) is 14.8 Å². The predicted octanol–water partition coefficient (Wildman–Crippen LogP) is 3.63. The zero-order valence-electron chi connectivity index (χ0n) is 17.3. The summed E-state index contributed by atoms with van der Waals surface area (Å²) < 4.78 is 0. The van der Waals surface area contributed by atoms with E-state index in [0.29, 0.717) is 0 Å². The van der Waals surface area contributed by atoms with Crippen LogP contribution in [-0.4, -0.2) is 67.6 Å². The van der Waals surface area contributed by atoms with Crippen molar-refractivity contribution >= 4 is 16.7 Å². The molecule has 0 bridgehead atoms. The molecule has 4 nitrogen and oxygen atoms in total. The number of likely N-dealkylation sites (N-methyl/N-ethyl adjacent to an activating group) is 1. The van der Waals surface area contributed by atoms with Crippen LogP contribution in [0.3, 0.4) is 0 Å². The SMILES string of the molecule is Cc1cc(C)c2nc(N3CCCC3)c(CCCN3CCN(C)CC3)cc2c1. The first kappa shape index (κ1) is 18.7. The molecule has 3 heterocycles. The molecule has 0 aliphatic carbocycles. The summed E-state index contributed by atoms with van der Waals surface area (Å²) in [4.78, 5) is 12.8. The number of aryl methyl sites for hydroxylation is 3. The Labute approximate surface area is 164 Å². The molecule has 0 unspecified atom stereocenters. The summed E-state index contributed by atoms with van der Waals surface area (Å²) >= 11 is 0. The van der Waals surface area contributed by atoms with Gasteiger partial charge in [-0.2, -0.15) is 0 Å². The minimum atomic E-state index is 1.13. The van der Waals surface area contributed by atoms with Crippen LogP contribution in [0.1, 0.15) is 36.0 Å². The van der Waals surface area contributed by atoms with E-state index in [1.807, 2.05) is 0 Å². The van der Waals surface area contributed by atoms with Gasteiger partial charge >= 0.3 is 0 Å². The van der Waals surface area contributed by atoms with Crippen LogP contribution in [-0.2, 0) is 6.42 Å². The second-order valence-electron chi connectivity index (χ2n) is 8.57. The maximum atomic E-state index is 5.18. The standard InChI is InChI=1S/C23H34N4/c1-18-15-19(2)22-21(16-18)17-20(23(24-22)27-9-4-5-10-27)7-6-8-26-13-11-25(3)12-14-26/h15-17H,4-14H2,1-3H3. The molecule has 27 heavy (non-hydrogen) atoms. The van der Waals surface area contributed by atoms with Gasteiger partial charge in [-0.05, 0) is 76.4 Å². The Morgan fingerprint density at radius 2 is 1.67 bits per heavy atom. The van der Waals surface area contributed by atoms with Crippen LogP contribution in [0.25, 0.3) is 10.9 Å². The highest BCUT2D eigenvalue weighted by atomic mass is 15.2. The predicted molar refractivity (Wildman–Crippen MR) is 115 cm³/mol. The average Bonchev–Trinajstić information content (AvgIpc) is 3.17. The molecule has 2 fully saturated rings. The average molecular weight is 367 g/mol. The van der Waals surface area contributed by atoms with Gasteiger partial charge in [0.15, 0.2) is 0 Å². The molecule has 1 aromatic carbocycles. The van der Waals surface area contributed by atoms with Crippen molar-refractivity contribution in [3.8, 4) is 0 Å². The number of nitrogens with zero attached hydrogens (tertiary/aromatic N) is 4. The molecule has 0 amide bonds. The number of aromatic nitrogens is 1. The molecule has 2 aliphatic heterocycles. The highest BCUT2D eigenvalue weighted by Gasteiger charge is 2.19. The summed E-state index contributed by atoms with van der Waals surface area (Å²) in [6.45, 7) is 12.7. The van der Waals surface area contributed by atoms with Crippen LogP contribution in [0.5, 0.6) is 0 Å². The van der Waals surface area contributed by atoms with Crippen LogP contribution in [0.2, 0.25) is 0 Å². The van der Waals surface area contributed by atoms with Gasteiger partial charge in [0.1, 0.15) is 5.82 Å². The molecule has 1 aromatic heterocycles. The number of anilines is 1. The van der Waals surface area contributed by atoms with Gasteiger partial charge in [0.05, 0.1) is 5.52 Å². The van der Waals surface area contributed by atoms with E-state index in [0.717, 1.165) is 19.5 Å². The van der Waals surface area contributed by atoms with Gasteiger partial charge in [0.25, 0.3) is 0 Å². The van der Waals surface area contributed by atoms with Gasteiger partial charge in [-0.15, -0.1) is 0 Å². The van der Waals surface area contributed by atoms with E-state index >= 15 is 0 Å². The Kier molecular flexibility index (Phi) is 5.65. The second kappa shape index (κ2) is 8.15. The van der Waals surface area contributed by atoms with Crippen molar-refractivity contribution in [1.29, 1.82) is 0 Å². The Bertz CT molecular complexity index is 787. The van der Waals surface area contributed by atoms with E-state index in [1.54, 1.807) is 0 Å². The van der Waals surface area contributed by atoms with Crippen molar-refractivity contribution in [2.75, 3.05) is 57.8 Å². The number of benzene rings is 1. The molecule has 4 rings (SSSR count). The van der Waals surface area contributed by atoms with Gasteiger partial charge in [-0.25, -0.2) is 4.98 Å². The summed E-state index contributed by atoms with van der Waals surface area (Å²) in [6, 6.07) is 6.99. The van der Waals surface area contributed by atoms with Crippen molar-refractivity contribution in [3.63, 3.8) is 0 Å². The topological polar surface area (TPSA) is 22.6 Å². The molecule has 0 spiro atoms. The van der Waals surface area contributed by atoms with Crippen molar-refractivity contribution in [3.05, 3.63) is 34.9 Å². The Morgan fingerprint density at radius 1 is 0.926 bits per heavy atom. The van der Waals surface area contributed by atoms with E-state index in [4.69, 9.17) is 4.98 Å². The van der Waals surface area contributed by atoms with Crippen LogP contribution in [0.15, 0.2) is 18.2 Å². The molecular formula is C23H34N4. The molecule has 2 aromatic rings. The lowest BCUT2D eigenvalue weighted by molar-refractivity contribution is 0.153. The number of pyridine rings is 1. The first-order valence-electron chi connectivity index (χ1n) is 10.7. The number of rotatable bonds is 5. The van der Waals surface area contributed by atoms with E-state index in [9.17, 15) is 0 Å². The van der Waals surface area contributed by atoms with E-state index in [1.165, 1.54) is 85.4 Å². The molecular weight excluding hydrogens is 332 g/mol. The highest BCUT2D eigenvalue weighted by molar-refractivity contribution is 5.85. The lowest BCUT2D eigenvalue weighted by Crippen LogP contribution is -2.44. The minimum absolute atomic E-state index is 1.13. The second-order valence-corrected chi connectivity index (χ2v) is 8.57. The summed E-state index contributed by atoms with van der Waals surface area (Å²) in [6.07, 6.45) is 4.96. The van der Waals surface area contributed by atoms with Crippen molar-refractivity contribution in [2.24, 2.45) is 0 Å². The lowest BCUT2D eigenvalue weighted by Gasteiger charge is -2.32. The fraction of sp³-hybridized carbons (Fsp3) is 0.609. The third-order valence-electron chi connectivity index (χ3n) is 6.23. The van der Waals surface area contributed by atoms with Crippen molar-refractivity contribution in [2.45, 2.75) is 39.5 Å². The van der Waals surface area contributed by atoms with Crippen LogP contribution >= 0.6 is 0 Å². The monoisotopic (exact) mass is 366 g/mol. The van der Waals surface area contributed by atoms with Crippen LogP contribution in [0.4, 0.5) is 5.82 Å². The number of hydrogen-bond donors (Lipinski definition) is 0. The number of piperazine rings is 1. The van der Waals surface area contributed by atoms with Gasteiger partial charge in [-0.3, -0.25) is 0 Å².